The van der Waals surface area contributed by atoms with Gasteiger partial charge in [-0.2, -0.15) is 0 Å². The molecule has 12 heavy (non-hydrogen) atoms. The molecule has 0 saturated heterocycles. The molecule has 2 heteroatoms. The van der Waals surface area contributed by atoms with Gasteiger partial charge in [-0.05, 0) is 12.5 Å². The Morgan fingerprint density at radius 2 is 2.08 bits per heavy atom. The molecule has 0 bridgehead atoms. The van der Waals surface area contributed by atoms with Crippen LogP contribution in [0.4, 0.5) is 0 Å². The number of nitrogens with one attached hydrogen (secondary N) is 1. The molecule has 0 spiro atoms. The molecule has 1 rings (SSSR count). The van der Waals surface area contributed by atoms with Gasteiger partial charge in [-0.25, -0.2) is 0 Å². The lowest BCUT2D eigenvalue weighted by molar-refractivity contribution is 0.937. The van der Waals surface area contributed by atoms with E-state index in [-0.39, 0.29) is 0 Å². The monoisotopic (exact) mass is 162 g/mol. The van der Waals surface area contributed by atoms with Gasteiger partial charge in [0.15, 0.2) is 0 Å². The van der Waals surface area contributed by atoms with Crippen LogP contribution in [0.3, 0.4) is 0 Å². The summed E-state index contributed by atoms with van der Waals surface area (Å²) >= 11 is 0. The van der Waals surface area contributed by atoms with Crippen molar-refractivity contribution >= 4 is 5.70 Å². The van der Waals surface area contributed by atoms with E-state index in [1.54, 1.807) is 6.20 Å². The van der Waals surface area contributed by atoms with Crippen molar-refractivity contribution in [3.63, 3.8) is 0 Å². The third-order valence-corrected chi connectivity index (χ3v) is 1.62. The first-order valence-corrected chi connectivity index (χ1v) is 4.09. The predicted octanol–water partition coefficient (Wildman–Crippen LogP) is 1.55. The molecule has 0 aliphatic carbocycles. The van der Waals surface area contributed by atoms with E-state index in [0.717, 1.165) is 17.8 Å². The van der Waals surface area contributed by atoms with Gasteiger partial charge in [-0.3, -0.25) is 0 Å². The first-order valence-electron chi connectivity index (χ1n) is 4.09. The fraction of sp³-hybridized carbons (Fsp3) is 0.200. The largest absolute Gasteiger partial charge is 0.403 e. The van der Waals surface area contributed by atoms with Gasteiger partial charge in [0, 0.05) is 12.7 Å². The maximum atomic E-state index is 5.47. The Bertz CT molecular complexity index is 252. The van der Waals surface area contributed by atoms with Crippen LogP contribution in [0.5, 0.6) is 0 Å². The van der Waals surface area contributed by atoms with Crippen LogP contribution < -0.4 is 11.1 Å². The average Bonchev–Trinajstić information content (AvgIpc) is 2.15. The highest BCUT2D eigenvalue weighted by atomic mass is 14.9. The van der Waals surface area contributed by atoms with E-state index >= 15 is 0 Å². The summed E-state index contributed by atoms with van der Waals surface area (Å²) in [6, 6.07) is 10.0. The predicted molar refractivity (Wildman–Crippen MR) is 52.3 cm³/mol. The Labute approximate surface area is 73.1 Å². The topological polar surface area (TPSA) is 38.0 Å². The molecule has 1 aromatic carbocycles. The summed E-state index contributed by atoms with van der Waals surface area (Å²) in [5.74, 6) is 0. The van der Waals surface area contributed by atoms with Gasteiger partial charge in [0.2, 0.25) is 0 Å². The molecule has 1 aromatic rings. The van der Waals surface area contributed by atoms with Crippen LogP contribution in [-0.2, 0) is 0 Å². The lowest BCUT2D eigenvalue weighted by Gasteiger charge is -2.07. The Morgan fingerprint density at radius 3 is 2.58 bits per heavy atom. The summed E-state index contributed by atoms with van der Waals surface area (Å²) in [5, 5.41) is 3.18. The zero-order chi connectivity index (χ0) is 8.81. The van der Waals surface area contributed by atoms with Crippen molar-refractivity contribution in [2.75, 3.05) is 6.54 Å². The van der Waals surface area contributed by atoms with E-state index < -0.39 is 0 Å². The molecule has 3 N–H and O–H groups in total. The average molecular weight is 162 g/mol. The number of hydrogen-bond acceptors (Lipinski definition) is 2. The van der Waals surface area contributed by atoms with Gasteiger partial charge in [0.25, 0.3) is 0 Å². The zero-order valence-corrected chi connectivity index (χ0v) is 7.25. The van der Waals surface area contributed by atoms with Crippen LogP contribution in [0.1, 0.15) is 12.5 Å². The molecule has 0 heterocycles. The molecule has 0 aromatic heterocycles. The fourth-order valence-electron chi connectivity index (χ4n) is 1.07. The minimum absolute atomic E-state index is 0.887. The first kappa shape index (κ1) is 8.65. The van der Waals surface area contributed by atoms with E-state index in [1.807, 2.05) is 37.3 Å². The normalized spacial score (nSPS) is 11.2. The van der Waals surface area contributed by atoms with Crippen molar-refractivity contribution in [3.05, 3.63) is 42.1 Å². The highest BCUT2D eigenvalue weighted by Gasteiger charge is 1.95. The van der Waals surface area contributed by atoms with Crippen molar-refractivity contribution in [3.8, 4) is 0 Å². The van der Waals surface area contributed by atoms with Gasteiger partial charge in [-0.1, -0.05) is 30.3 Å². The summed E-state index contributed by atoms with van der Waals surface area (Å²) in [7, 11) is 0. The summed E-state index contributed by atoms with van der Waals surface area (Å²) in [6.07, 6.45) is 1.60. The lowest BCUT2D eigenvalue weighted by atomic mass is 10.2. The van der Waals surface area contributed by atoms with E-state index in [0.29, 0.717) is 0 Å². The standard InChI is InChI=1S/C10H14N2/c1-2-12-10(8-11)9-6-4-3-5-7-9/h3-8,12H,2,11H2,1H3/b10-8-. The van der Waals surface area contributed by atoms with Crippen LogP contribution in [0, 0.1) is 0 Å². The van der Waals surface area contributed by atoms with Crippen molar-refractivity contribution < 1.29 is 0 Å². The second kappa shape index (κ2) is 4.44. The number of rotatable bonds is 3. The third kappa shape index (κ3) is 2.02. The summed E-state index contributed by atoms with van der Waals surface area (Å²) in [6.45, 7) is 2.93. The molecule has 0 saturated carbocycles. The van der Waals surface area contributed by atoms with Crippen LogP contribution >= 0.6 is 0 Å². The van der Waals surface area contributed by atoms with E-state index in [2.05, 4.69) is 5.32 Å². The Kier molecular flexibility index (Phi) is 3.20. The molecular weight excluding hydrogens is 148 g/mol. The van der Waals surface area contributed by atoms with Crippen molar-refractivity contribution in [2.45, 2.75) is 6.92 Å². The van der Waals surface area contributed by atoms with Crippen molar-refractivity contribution in [1.82, 2.24) is 5.32 Å². The minimum atomic E-state index is 0.887. The maximum Gasteiger partial charge on any atom is 0.0571 e. The summed E-state index contributed by atoms with van der Waals surface area (Å²) in [4.78, 5) is 0. The Hall–Kier alpha value is -1.44. The quantitative estimate of drug-likeness (QED) is 0.707. The molecule has 64 valence electrons. The molecule has 0 atom stereocenters. The van der Waals surface area contributed by atoms with E-state index in [4.69, 9.17) is 5.73 Å². The third-order valence-electron chi connectivity index (χ3n) is 1.62. The van der Waals surface area contributed by atoms with Gasteiger partial charge < -0.3 is 11.1 Å². The van der Waals surface area contributed by atoms with Gasteiger partial charge in [0.1, 0.15) is 0 Å². The summed E-state index contributed by atoms with van der Waals surface area (Å²) < 4.78 is 0. The first-order chi connectivity index (χ1) is 5.88. The molecular formula is C10H14N2. The molecule has 0 radical (unpaired) electrons. The van der Waals surface area contributed by atoms with Crippen molar-refractivity contribution in [1.29, 1.82) is 0 Å². The minimum Gasteiger partial charge on any atom is -0.403 e. The number of hydrogen-bond donors (Lipinski definition) is 2. The van der Waals surface area contributed by atoms with E-state index in [1.165, 1.54) is 0 Å². The van der Waals surface area contributed by atoms with Crippen molar-refractivity contribution in [2.24, 2.45) is 5.73 Å². The second-order valence-corrected chi connectivity index (χ2v) is 2.48. The molecule has 0 unspecified atom stereocenters. The number of nitrogens with two attached hydrogens (primary N) is 1. The SMILES string of the molecule is CCN/C(=C\N)c1ccccc1. The molecule has 0 aliphatic rings. The van der Waals surface area contributed by atoms with Crippen LogP contribution in [0.2, 0.25) is 0 Å². The molecule has 2 nitrogen and oxygen atoms in total. The second-order valence-electron chi connectivity index (χ2n) is 2.48. The lowest BCUT2D eigenvalue weighted by Crippen LogP contribution is -2.12. The summed E-state index contributed by atoms with van der Waals surface area (Å²) in [5.41, 5.74) is 7.58. The van der Waals surface area contributed by atoms with Crippen LogP contribution in [-0.4, -0.2) is 6.54 Å². The van der Waals surface area contributed by atoms with Gasteiger partial charge in [-0.15, -0.1) is 0 Å². The smallest absolute Gasteiger partial charge is 0.0571 e. The maximum absolute atomic E-state index is 5.47. The Balaban J connectivity index is 2.82. The molecule has 0 amide bonds. The van der Waals surface area contributed by atoms with Gasteiger partial charge in [0.05, 0.1) is 5.70 Å². The Morgan fingerprint density at radius 1 is 1.42 bits per heavy atom. The van der Waals surface area contributed by atoms with Crippen LogP contribution in [0.25, 0.3) is 5.70 Å². The molecule has 0 fully saturated rings. The van der Waals surface area contributed by atoms with Gasteiger partial charge >= 0.3 is 0 Å². The van der Waals surface area contributed by atoms with Crippen LogP contribution in [0.15, 0.2) is 36.5 Å². The highest BCUT2D eigenvalue weighted by Crippen LogP contribution is 2.08. The van der Waals surface area contributed by atoms with E-state index in [9.17, 15) is 0 Å². The number of benzene rings is 1. The zero-order valence-electron chi connectivity index (χ0n) is 7.25. The molecule has 0 aliphatic heterocycles. The fourth-order valence-corrected chi connectivity index (χ4v) is 1.07. The highest BCUT2D eigenvalue weighted by molar-refractivity contribution is 5.63.